The Morgan fingerprint density at radius 3 is 1.91 bits per heavy atom. The van der Waals surface area contributed by atoms with Crippen molar-refractivity contribution in [3.8, 4) is 0 Å². The third-order valence-electron chi connectivity index (χ3n) is 5.90. The maximum Gasteiger partial charge on any atom is 0.335 e. The minimum atomic E-state index is -1.77. The molecule has 0 spiro atoms. The molecule has 0 aromatic carbocycles. The van der Waals surface area contributed by atoms with E-state index in [0.29, 0.717) is 6.61 Å². The minimum absolute atomic E-state index is 0.0349. The summed E-state index contributed by atoms with van der Waals surface area (Å²) in [5.41, 5.74) is 0. The van der Waals surface area contributed by atoms with Gasteiger partial charge < -0.3 is 39.7 Å². The number of rotatable bonds is 19. The van der Waals surface area contributed by atoms with Gasteiger partial charge in [-0.2, -0.15) is 0 Å². The smallest absolute Gasteiger partial charge is 0.335 e. The first-order valence-electron chi connectivity index (χ1n) is 12.5. The van der Waals surface area contributed by atoms with Gasteiger partial charge in [0.1, 0.15) is 24.4 Å². The van der Waals surface area contributed by atoms with Crippen LogP contribution in [0.25, 0.3) is 0 Å². The van der Waals surface area contributed by atoms with Gasteiger partial charge in [-0.1, -0.05) is 78.1 Å². The lowest BCUT2D eigenvalue weighted by molar-refractivity contribution is -0.298. The Morgan fingerprint density at radius 2 is 1.36 bits per heavy atom. The van der Waals surface area contributed by atoms with Gasteiger partial charge in [-0.05, 0) is 12.3 Å². The third kappa shape index (κ3) is 13.0. The molecule has 33 heavy (non-hydrogen) atoms. The largest absolute Gasteiger partial charge is 0.479 e. The highest BCUT2D eigenvalue weighted by Gasteiger charge is 2.47. The number of aliphatic carboxylic acids is 1. The molecule has 1 aliphatic rings. The minimum Gasteiger partial charge on any atom is -0.479 e. The van der Waals surface area contributed by atoms with Crippen LogP contribution < -0.4 is 0 Å². The number of ether oxygens (including phenoxy) is 3. The van der Waals surface area contributed by atoms with Crippen molar-refractivity contribution in [2.45, 2.75) is 121 Å². The average molecular weight is 479 g/mol. The Labute approximate surface area is 198 Å². The van der Waals surface area contributed by atoms with E-state index in [1.807, 2.05) is 0 Å². The van der Waals surface area contributed by atoms with Crippen molar-refractivity contribution in [2.75, 3.05) is 19.8 Å². The molecule has 0 aromatic heterocycles. The van der Waals surface area contributed by atoms with E-state index < -0.39 is 42.8 Å². The Balaban J connectivity index is 1.98. The highest BCUT2D eigenvalue weighted by Crippen LogP contribution is 2.22. The number of aliphatic hydroxyl groups excluding tert-OH is 4. The van der Waals surface area contributed by atoms with Crippen LogP contribution in [0.3, 0.4) is 0 Å². The molecular formula is C24H46O9. The Bertz CT molecular complexity index is 502. The zero-order valence-corrected chi connectivity index (χ0v) is 20.3. The fraction of sp³-hybridized carbons (Fsp3) is 0.958. The summed E-state index contributed by atoms with van der Waals surface area (Å²) < 4.78 is 15.6. The standard InChI is InChI=1S/C24H46O9/c1-17(2)13-11-9-7-5-3-4-6-8-10-12-14-31-15-18(25)16-32-24-21(28)19(26)20(27)22(33-24)23(29)30/h17-22,24-28H,3-16H2,1-2H3,(H,29,30). The van der Waals surface area contributed by atoms with Gasteiger partial charge in [0.15, 0.2) is 12.4 Å². The molecule has 0 aromatic rings. The van der Waals surface area contributed by atoms with E-state index in [1.54, 1.807) is 0 Å². The molecule has 0 radical (unpaired) electrons. The summed E-state index contributed by atoms with van der Waals surface area (Å²) in [6.07, 6.45) is 4.42. The van der Waals surface area contributed by atoms with Crippen LogP contribution in [0, 0.1) is 5.92 Å². The molecule has 1 saturated heterocycles. The van der Waals surface area contributed by atoms with Crippen molar-refractivity contribution in [3.63, 3.8) is 0 Å². The van der Waals surface area contributed by atoms with Crippen LogP contribution in [0.1, 0.15) is 84.5 Å². The summed E-state index contributed by atoms with van der Waals surface area (Å²) in [5.74, 6) is -0.668. The second-order valence-corrected chi connectivity index (χ2v) is 9.52. The van der Waals surface area contributed by atoms with Crippen LogP contribution in [-0.2, 0) is 19.0 Å². The van der Waals surface area contributed by atoms with Crippen molar-refractivity contribution in [2.24, 2.45) is 5.92 Å². The van der Waals surface area contributed by atoms with Crippen LogP contribution in [0.15, 0.2) is 0 Å². The predicted octanol–water partition coefficient (Wildman–Crippen LogP) is 2.22. The third-order valence-corrected chi connectivity index (χ3v) is 5.90. The van der Waals surface area contributed by atoms with E-state index in [2.05, 4.69) is 13.8 Å². The molecule has 0 amide bonds. The van der Waals surface area contributed by atoms with Gasteiger partial charge in [0, 0.05) is 6.61 Å². The molecule has 0 bridgehead atoms. The zero-order valence-electron chi connectivity index (χ0n) is 20.3. The SMILES string of the molecule is CC(C)CCCCCCCCCCCCOCC(O)COC1OC(C(=O)O)C(O)C(O)C1O. The number of hydrogen-bond acceptors (Lipinski definition) is 8. The maximum atomic E-state index is 11.1. The summed E-state index contributed by atoms with van der Waals surface area (Å²) in [6.45, 7) is 4.85. The second kappa shape index (κ2) is 17.6. The van der Waals surface area contributed by atoms with E-state index in [9.17, 15) is 25.2 Å². The monoisotopic (exact) mass is 478 g/mol. The second-order valence-electron chi connectivity index (χ2n) is 9.52. The molecule has 1 aliphatic heterocycles. The topological polar surface area (TPSA) is 146 Å². The van der Waals surface area contributed by atoms with Crippen LogP contribution >= 0.6 is 0 Å². The van der Waals surface area contributed by atoms with Crippen LogP contribution in [-0.4, -0.2) is 88.1 Å². The quantitative estimate of drug-likeness (QED) is 0.176. The normalized spacial score (nSPS) is 26.6. The van der Waals surface area contributed by atoms with Gasteiger partial charge in [0.25, 0.3) is 0 Å². The average Bonchev–Trinajstić information content (AvgIpc) is 2.76. The van der Waals surface area contributed by atoms with E-state index in [1.165, 1.54) is 57.8 Å². The van der Waals surface area contributed by atoms with E-state index in [4.69, 9.17) is 19.3 Å². The summed E-state index contributed by atoms with van der Waals surface area (Å²) in [4.78, 5) is 11.1. The van der Waals surface area contributed by atoms with Crippen LogP contribution in [0.4, 0.5) is 0 Å². The predicted molar refractivity (Wildman–Crippen MR) is 123 cm³/mol. The summed E-state index contributed by atoms with van der Waals surface area (Å²) in [5, 5.41) is 48.2. The molecular weight excluding hydrogens is 432 g/mol. The van der Waals surface area contributed by atoms with Gasteiger partial charge >= 0.3 is 5.97 Å². The maximum absolute atomic E-state index is 11.1. The number of carbonyl (C=O) groups is 1. The van der Waals surface area contributed by atoms with E-state index in [-0.39, 0.29) is 13.2 Å². The molecule has 0 saturated carbocycles. The highest BCUT2D eigenvalue weighted by molar-refractivity contribution is 5.73. The first-order chi connectivity index (χ1) is 15.7. The van der Waals surface area contributed by atoms with Crippen molar-refractivity contribution in [3.05, 3.63) is 0 Å². The number of carboxylic acid groups (broad SMARTS) is 1. The van der Waals surface area contributed by atoms with Crippen molar-refractivity contribution in [1.29, 1.82) is 0 Å². The molecule has 5 N–H and O–H groups in total. The lowest BCUT2D eigenvalue weighted by Gasteiger charge is -2.38. The fourth-order valence-electron chi connectivity index (χ4n) is 3.83. The lowest BCUT2D eigenvalue weighted by atomic mass is 9.99. The van der Waals surface area contributed by atoms with Gasteiger partial charge in [-0.25, -0.2) is 4.79 Å². The van der Waals surface area contributed by atoms with Crippen molar-refractivity contribution < 1.29 is 44.5 Å². The molecule has 6 unspecified atom stereocenters. The molecule has 1 fully saturated rings. The lowest BCUT2D eigenvalue weighted by Crippen LogP contribution is -2.60. The molecule has 6 atom stereocenters. The zero-order chi connectivity index (χ0) is 24.6. The van der Waals surface area contributed by atoms with Gasteiger partial charge in [0.05, 0.1) is 13.2 Å². The van der Waals surface area contributed by atoms with Gasteiger partial charge in [0.2, 0.25) is 0 Å². The number of carboxylic acids is 1. The molecule has 9 nitrogen and oxygen atoms in total. The van der Waals surface area contributed by atoms with Crippen molar-refractivity contribution in [1.82, 2.24) is 0 Å². The highest BCUT2D eigenvalue weighted by atomic mass is 16.7. The van der Waals surface area contributed by atoms with Gasteiger partial charge in [-0.15, -0.1) is 0 Å². The Hall–Kier alpha value is -0.810. The molecule has 196 valence electrons. The first kappa shape index (κ1) is 30.2. The molecule has 0 aliphatic carbocycles. The van der Waals surface area contributed by atoms with Crippen LogP contribution in [0.5, 0.6) is 0 Å². The number of hydrogen-bond donors (Lipinski definition) is 5. The van der Waals surface area contributed by atoms with Crippen LogP contribution in [0.2, 0.25) is 0 Å². The summed E-state index contributed by atoms with van der Waals surface area (Å²) in [6, 6.07) is 0. The molecule has 1 heterocycles. The van der Waals surface area contributed by atoms with Crippen molar-refractivity contribution >= 4 is 5.97 Å². The fourth-order valence-corrected chi connectivity index (χ4v) is 3.83. The molecule has 9 heteroatoms. The molecule has 1 rings (SSSR count). The number of unbranched alkanes of at least 4 members (excludes halogenated alkanes) is 9. The Kier molecular flexibility index (Phi) is 16.1. The van der Waals surface area contributed by atoms with E-state index >= 15 is 0 Å². The Morgan fingerprint density at radius 1 is 0.818 bits per heavy atom. The number of aliphatic hydroxyl groups is 4. The first-order valence-corrected chi connectivity index (χ1v) is 12.5. The summed E-state index contributed by atoms with van der Waals surface area (Å²) in [7, 11) is 0. The summed E-state index contributed by atoms with van der Waals surface area (Å²) >= 11 is 0. The van der Waals surface area contributed by atoms with E-state index in [0.717, 1.165) is 18.8 Å². The van der Waals surface area contributed by atoms with Gasteiger partial charge in [-0.3, -0.25) is 0 Å².